The number of hydrogen-bond donors (Lipinski definition) is 1. The smallest absolute Gasteiger partial charge is 0.235 e. The monoisotopic (exact) mass is 399 g/mol. The maximum atomic E-state index is 12.0. The quantitative estimate of drug-likeness (QED) is 0.683. The highest BCUT2D eigenvalue weighted by Gasteiger charge is 2.35. The lowest BCUT2D eigenvalue weighted by Gasteiger charge is -2.10. The van der Waals surface area contributed by atoms with Crippen LogP contribution in [0.5, 0.6) is 11.6 Å². The molecule has 28 heavy (non-hydrogen) atoms. The Kier molecular flexibility index (Phi) is 4.54. The summed E-state index contributed by atoms with van der Waals surface area (Å²) in [6.07, 6.45) is 1.45. The highest BCUT2D eigenvalue weighted by atomic mass is 32.2. The zero-order valence-corrected chi connectivity index (χ0v) is 16.7. The Bertz CT molecular complexity index is 1120. The van der Waals surface area contributed by atoms with Gasteiger partial charge in [-0.15, -0.1) is 0 Å². The summed E-state index contributed by atoms with van der Waals surface area (Å²) < 4.78 is 34.2. The molecule has 2 aromatic heterocycles. The molecule has 1 aliphatic rings. The molecule has 0 spiro atoms. The number of rotatable bonds is 6. The van der Waals surface area contributed by atoms with Crippen LogP contribution in [-0.4, -0.2) is 33.4 Å². The van der Waals surface area contributed by atoms with Crippen molar-refractivity contribution in [1.29, 1.82) is 0 Å². The molecule has 0 atom stereocenters. The first-order chi connectivity index (χ1) is 13.3. The van der Waals surface area contributed by atoms with Crippen LogP contribution < -0.4 is 9.46 Å². The van der Waals surface area contributed by atoms with Crippen molar-refractivity contribution in [2.75, 3.05) is 4.72 Å². The summed E-state index contributed by atoms with van der Waals surface area (Å²) in [7, 11) is -3.28. The van der Waals surface area contributed by atoms with E-state index in [1.54, 1.807) is 41.9 Å². The van der Waals surface area contributed by atoms with Crippen molar-refractivity contribution in [3.05, 3.63) is 53.6 Å². The lowest BCUT2D eigenvalue weighted by atomic mass is 10.3. The van der Waals surface area contributed by atoms with Crippen LogP contribution in [0.2, 0.25) is 0 Å². The number of sulfonamides is 1. The minimum absolute atomic E-state index is 0.264. The van der Waals surface area contributed by atoms with Crippen molar-refractivity contribution in [2.45, 2.75) is 38.9 Å². The van der Waals surface area contributed by atoms with E-state index in [9.17, 15) is 8.42 Å². The largest absolute Gasteiger partial charge is 0.439 e. The fraction of sp³-hybridized carbons (Fsp3) is 0.316. The maximum Gasteiger partial charge on any atom is 0.235 e. The van der Waals surface area contributed by atoms with Gasteiger partial charge in [0.15, 0.2) is 5.82 Å². The van der Waals surface area contributed by atoms with Crippen LogP contribution in [0.4, 0.5) is 5.69 Å². The summed E-state index contributed by atoms with van der Waals surface area (Å²) in [5.74, 6) is 2.13. The number of hydrogen-bond acceptors (Lipinski definition) is 6. The molecule has 1 N–H and O–H groups in total. The highest BCUT2D eigenvalue weighted by Crippen LogP contribution is 2.30. The molecule has 8 nitrogen and oxygen atoms in total. The van der Waals surface area contributed by atoms with Crippen LogP contribution in [0.1, 0.15) is 30.1 Å². The van der Waals surface area contributed by atoms with E-state index >= 15 is 0 Å². The minimum atomic E-state index is -3.28. The molecule has 0 radical (unpaired) electrons. The molecule has 0 aliphatic heterocycles. The number of nitrogens with one attached hydrogen (secondary N) is 1. The van der Waals surface area contributed by atoms with Crippen molar-refractivity contribution in [1.82, 2.24) is 19.7 Å². The van der Waals surface area contributed by atoms with E-state index in [0.29, 0.717) is 29.0 Å². The average Bonchev–Trinajstić information content (AvgIpc) is 3.42. The van der Waals surface area contributed by atoms with Crippen molar-refractivity contribution >= 4 is 15.7 Å². The summed E-state index contributed by atoms with van der Waals surface area (Å²) in [5.41, 5.74) is 2.38. The van der Waals surface area contributed by atoms with Gasteiger partial charge in [0.1, 0.15) is 11.6 Å². The van der Waals surface area contributed by atoms with E-state index in [1.807, 2.05) is 19.9 Å². The van der Waals surface area contributed by atoms with Crippen LogP contribution in [-0.2, 0) is 10.0 Å². The molecule has 9 heteroatoms. The summed E-state index contributed by atoms with van der Waals surface area (Å²) >= 11 is 0. The lowest BCUT2D eigenvalue weighted by molar-refractivity contribution is 0.459. The molecule has 4 rings (SSSR count). The summed E-state index contributed by atoms with van der Waals surface area (Å²) in [5, 5.41) is 4.18. The van der Waals surface area contributed by atoms with Gasteiger partial charge in [-0.3, -0.25) is 4.72 Å². The topological polar surface area (TPSA) is 99.0 Å². The molecule has 1 aliphatic carbocycles. The first-order valence-corrected chi connectivity index (χ1v) is 10.5. The second-order valence-corrected chi connectivity index (χ2v) is 8.88. The molecule has 3 aromatic rings. The Morgan fingerprint density at radius 1 is 1.07 bits per heavy atom. The SMILES string of the molecule is Cc1cc(C)n(-c2cc(Oc3ccc(NS(=O)(=O)C4CC4)cc3)nc(C)n2)n1. The predicted molar refractivity (Wildman–Crippen MR) is 105 cm³/mol. The van der Waals surface area contributed by atoms with Crippen molar-refractivity contribution in [3.63, 3.8) is 0 Å². The molecule has 0 saturated heterocycles. The number of aromatic nitrogens is 4. The van der Waals surface area contributed by atoms with Gasteiger partial charge in [-0.05, 0) is 63.9 Å². The second kappa shape index (κ2) is 6.90. The molecular weight excluding hydrogens is 378 g/mol. The Labute approximate surface area is 163 Å². The fourth-order valence-electron chi connectivity index (χ4n) is 2.88. The predicted octanol–water partition coefficient (Wildman–Crippen LogP) is 3.28. The van der Waals surface area contributed by atoms with E-state index in [-0.39, 0.29) is 5.25 Å². The standard InChI is InChI=1S/C19H21N5O3S/c1-12-10-13(2)24(22-12)18-11-19(21-14(3)20-18)27-16-6-4-15(5-7-16)23-28(25,26)17-8-9-17/h4-7,10-11,17,23H,8-9H2,1-3H3. The van der Waals surface area contributed by atoms with Gasteiger partial charge in [0.05, 0.1) is 10.9 Å². The third-order valence-electron chi connectivity index (χ3n) is 4.33. The van der Waals surface area contributed by atoms with Crippen molar-refractivity contribution in [3.8, 4) is 17.4 Å². The van der Waals surface area contributed by atoms with E-state index < -0.39 is 10.0 Å². The third-order valence-corrected chi connectivity index (χ3v) is 6.20. The van der Waals surface area contributed by atoms with Crippen molar-refractivity contribution in [2.24, 2.45) is 0 Å². The Morgan fingerprint density at radius 2 is 1.79 bits per heavy atom. The third kappa shape index (κ3) is 3.99. The Balaban J connectivity index is 1.53. The number of anilines is 1. The fourth-order valence-corrected chi connectivity index (χ4v) is 4.27. The number of aryl methyl sites for hydroxylation is 3. The highest BCUT2D eigenvalue weighted by molar-refractivity contribution is 7.93. The van der Waals surface area contributed by atoms with Crippen molar-refractivity contribution < 1.29 is 13.2 Å². The van der Waals surface area contributed by atoms with Gasteiger partial charge < -0.3 is 4.74 Å². The van der Waals surface area contributed by atoms with E-state index in [1.165, 1.54) is 0 Å². The molecule has 2 heterocycles. The zero-order chi connectivity index (χ0) is 19.9. The van der Waals surface area contributed by atoms with E-state index in [2.05, 4.69) is 19.8 Å². The van der Waals surface area contributed by atoms with Gasteiger partial charge in [-0.25, -0.2) is 18.1 Å². The van der Waals surface area contributed by atoms with Crippen LogP contribution in [0.15, 0.2) is 36.4 Å². The van der Waals surface area contributed by atoms with E-state index in [4.69, 9.17) is 4.74 Å². The lowest BCUT2D eigenvalue weighted by Crippen LogP contribution is -2.17. The number of ether oxygens (including phenoxy) is 1. The summed E-state index contributed by atoms with van der Waals surface area (Å²) in [6, 6.07) is 10.4. The van der Waals surface area contributed by atoms with Crippen LogP contribution in [0.25, 0.3) is 5.82 Å². The first-order valence-electron chi connectivity index (χ1n) is 8.99. The normalized spacial score (nSPS) is 14.1. The summed E-state index contributed by atoms with van der Waals surface area (Å²) in [6.45, 7) is 5.67. The van der Waals surface area contributed by atoms with Gasteiger partial charge in [0.2, 0.25) is 15.9 Å². The van der Waals surface area contributed by atoms with Crippen LogP contribution in [0, 0.1) is 20.8 Å². The molecule has 1 saturated carbocycles. The average molecular weight is 399 g/mol. The van der Waals surface area contributed by atoms with Crippen LogP contribution >= 0.6 is 0 Å². The molecular formula is C19H21N5O3S. The van der Waals surface area contributed by atoms with Gasteiger partial charge >= 0.3 is 0 Å². The minimum Gasteiger partial charge on any atom is -0.439 e. The van der Waals surface area contributed by atoms with Gasteiger partial charge in [0.25, 0.3) is 0 Å². The summed E-state index contributed by atoms with van der Waals surface area (Å²) in [4.78, 5) is 8.75. The van der Waals surface area contributed by atoms with E-state index in [0.717, 1.165) is 24.2 Å². The first kappa shape index (κ1) is 18.4. The molecule has 1 fully saturated rings. The Hall–Kier alpha value is -2.94. The number of nitrogens with zero attached hydrogens (tertiary/aromatic N) is 4. The second-order valence-electron chi connectivity index (χ2n) is 6.92. The Morgan fingerprint density at radius 3 is 2.39 bits per heavy atom. The zero-order valence-electron chi connectivity index (χ0n) is 15.9. The van der Waals surface area contributed by atoms with Gasteiger partial charge in [-0.2, -0.15) is 10.1 Å². The molecule has 146 valence electrons. The maximum absolute atomic E-state index is 12.0. The van der Waals surface area contributed by atoms with Gasteiger partial charge in [-0.1, -0.05) is 0 Å². The molecule has 0 unspecified atom stereocenters. The molecule has 0 amide bonds. The molecule has 0 bridgehead atoms. The van der Waals surface area contributed by atoms with Crippen LogP contribution in [0.3, 0.4) is 0 Å². The molecule has 1 aromatic carbocycles. The van der Waals surface area contributed by atoms with Gasteiger partial charge in [0, 0.05) is 17.4 Å². The number of benzene rings is 1.